The number of carbonyl (C=O) groups excluding carboxylic acids is 1. The standard InChI is InChI=1S/C18H18F2N2O4S/c19-15-2-1-3-16(20)17(15)21-18(23)14-6-4-13(5-7-14)12-27(24,25)22-8-10-26-11-9-22/h1-7H,8-12H2,(H,21,23). The maximum absolute atomic E-state index is 13.6. The Bertz CT molecular complexity index is 907. The zero-order valence-corrected chi connectivity index (χ0v) is 15.1. The summed E-state index contributed by atoms with van der Waals surface area (Å²) in [5, 5.41) is 2.18. The van der Waals surface area contributed by atoms with Crippen molar-refractivity contribution >= 4 is 21.6 Å². The average molecular weight is 396 g/mol. The molecular weight excluding hydrogens is 378 g/mol. The molecule has 1 amide bonds. The number of benzene rings is 2. The van der Waals surface area contributed by atoms with Crippen LogP contribution in [0.4, 0.5) is 14.5 Å². The van der Waals surface area contributed by atoms with Crippen molar-refractivity contribution in [1.82, 2.24) is 4.31 Å². The number of morpholine rings is 1. The number of anilines is 1. The lowest BCUT2D eigenvalue weighted by molar-refractivity contribution is 0.0729. The van der Waals surface area contributed by atoms with E-state index in [9.17, 15) is 22.0 Å². The highest BCUT2D eigenvalue weighted by Gasteiger charge is 2.24. The predicted molar refractivity (Wildman–Crippen MR) is 95.8 cm³/mol. The largest absolute Gasteiger partial charge is 0.379 e. The topological polar surface area (TPSA) is 75.7 Å². The van der Waals surface area contributed by atoms with Gasteiger partial charge in [-0.15, -0.1) is 0 Å². The molecule has 9 heteroatoms. The summed E-state index contributed by atoms with van der Waals surface area (Å²) in [4.78, 5) is 12.2. The molecule has 1 aliphatic heterocycles. The quantitative estimate of drug-likeness (QED) is 0.842. The highest BCUT2D eigenvalue weighted by molar-refractivity contribution is 7.88. The molecule has 0 aliphatic carbocycles. The van der Waals surface area contributed by atoms with Gasteiger partial charge in [0.1, 0.15) is 17.3 Å². The summed E-state index contributed by atoms with van der Waals surface area (Å²) in [6, 6.07) is 9.12. The van der Waals surface area contributed by atoms with Crippen molar-refractivity contribution in [3.05, 3.63) is 65.2 Å². The molecule has 1 saturated heterocycles. The van der Waals surface area contributed by atoms with E-state index in [-0.39, 0.29) is 11.3 Å². The van der Waals surface area contributed by atoms with Gasteiger partial charge in [-0.3, -0.25) is 4.79 Å². The van der Waals surface area contributed by atoms with Crippen LogP contribution in [0.15, 0.2) is 42.5 Å². The predicted octanol–water partition coefficient (Wildman–Crippen LogP) is 2.38. The van der Waals surface area contributed by atoms with E-state index in [1.807, 2.05) is 0 Å². The van der Waals surface area contributed by atoms with Gasteiger partial charge < -0.3 is 10.1 Å². The third kappa shape index (κ3) is 4.68. The van der Waals surface area contributed by atoms with Crippen molar-refractivity contribution in [3.8, 4) is 0 Å². The summed E-state index contributed by atoms with van der Waals surface area (Å²) in [6.07, 6.45) is 0. The van der Waals surface area contributed by atoms with Crippen molar-refractivity contribution in [2.75, 3.05) is 31.6 Å². The number of para-hydroxylation sites is 1. The second-order valence-electron chi connectivity index (χ2n) is 6.02. The van der Waals surface area contributed by atoms with E-state index in [0.717, 1.165) is 12.1 Å². The van der Waals surface area contributed by atoms with Gasteiger partial charge in [0.05, 0.1) is 19.0 Å². The number of halogens is 2. The van der Waals surface area contributed by atoms with Crippen LogP contribution < -0.4 is 5.32 Å². The molecule has 3 rings (SSSR count). The molecule has 0 saturated carbocycles. The molecule has 6 nitrogen and oxygen atoms in total. The number of amides is 1. The Morgan fingerprint density at radius 1 is 1.04 bits per heavy atom. The van der Waals surface area contributed by atoms with E-state index in [1.54, 1.807) is 0 Å². The van der Waals surface area contributed by atoms with Gasteiger partial charge >= 0.3 is 0 Å². The Balaban J connectivity index is 1.68. The number of hydrogen-bond donors (Lipinski definition) is 1. The SMILES string of the molecule is O=C(Nc1c(F)cccc1F)c1ccc(CS(=O)(=O)N2CCOCC2)cc1. The van der Waals surface area contributed by atoms with E-state index in [1.165, 1.54) is 34.6 Å². The second kappa shape index (κ2) is 8.12. The van der Waals surface area contributed by atoms with E-state index in [0.29, 0.717) is 31.9 Å². The molecule has 0 unspecified atom stereocenters. The fraction of sp³-hybridized carbons (Fsp3) is 0.278. The Hall–Kier alpha value is -2.36. The molecule has 2 aromatic carbocycles. The van der Waals surface area contributed by atoms with Crippen molar-refractivity contribution in [2.45, 2.75) is 5.75 Å². The van der Waals surface area contributed by atoms with Gasteiger partial charge in [-0.2, -0.15) is 4.31 Å². The van der Waals surface area contributed by atoms with Gasteiger partial charge in [0.15, 0.2) is 0 Å². The molecule has 1 heterocycles. The fourth-order valence-corrected chi connectivity index (χ4v) is 4.18. The first kappa shape index (κ1) is 19.4. The third-order valence-electron chi connectivity index (χ3n) is 4.13. The van der Waals surface area contributed by atoms with Crippen molar-refractivity contribution in [2.24, 2.45) is 0 Å². The van der Waals surface area contributed by atoms with Gasteiger partial charge in [-0.25, -0.2) is 17.2 Å². The number of nitrogens with one attached hydrogen (secondary N) is 1. The van der Waals surface area contributed by atoms with Gasteiger partial charge in [0.2, 0.25) is 10.0 Å². The van der Waals surface area contributed by atoms with Crippen LogP contribution in [-0.2, 0) is 20.5 Å². The van der Waals surface area contributed by atoms with Gasteiger partial charge in [-0.05, 0) is 29.8 Å². The molecule has 1 N–H and O–H groups in total. The minimum Gasteiger partial charge on any atom is -0.379 e. The Labute approximate surface area is 155 Å². The Morgan fingerprint density at radius 3 is 2.22 bits per heavy atom. The fourth-order valence-electron chi connectivity index (χ4n) is 2.68. The van der Waals surface area contributed by atoms with Gasteiger partial charge in [-0.1, -0.05) is 18.2 Å². The highest BCUT2D eigenvalue weighted by Crippen LogP contribution is 2.19. The molecule has 0 atom stereocenters. The molecule has 27 heavy (non-hydrogen) atoms. The van der Waals surface area contributed by atoms with Crippen LogP contribution in [-0.4, -0.2) is 44.9 Å². The van der Waals surface area contributed by atoms with E-state index in [4.69, 9.17) is 4.74 Å². The van der Waals surface area contributed by atoms with Gasteiger partial charge in [0.25, 0.3) is 5.91 Å². The first-order chi connectivity index (χ1) is 12.9. The number of rotatable bonds is 5. The smallest absolute Gasteiger partial charge is 0.255 e. The third-order valence-corrected chi connectivity index (χ3v) is 5.98. The molecule has 0 aromatic heterocycles. The minimum atomic E-state index is -3.48. The minimum absolute atomic E-state index is 0.158. The van der Waals surface area contributed by atoms with Crippen LogP contribution in [0.2, 0.25) is 0 Å². The molecule has 0 bridgehead atoms. The van der Waals surface area contributed by atoms with Crippen LogP contribution >= 0.6 is 0 Å². The second-order valence-corrected chi connectivity index (χ2v) is 7.98. The normalized spacial score (nSPS) is 15.5. The van der Waals surface area contributed by atoms with E-state index in [2.05, 4.69) is 5.32 Å². The van der Waals surface area contributed by atoms with Crippen LogP contribution in [0.1, 0.15) is 15.9 Å². The van der Waals surface area contributed by atoms with Gasteiger partial charge in [0, 0.05) is 18.7 Å². The maximum Gasteiger partial charge on any atom is 0.255 e. The lowest BCUT2D eigenvalue weighted by Crippen LogP contribution is -2.41. The highest BCUT2D eigenvalue weighted by atomic mass is 32.2. The van der Waals surface area contributed by atoms with E-state index < -0.39 is 33.3 Å². The molecular formula is C18H18F2N2O4S. The molecule has 144 valence electrons. The van der Waals surface area contributed by atoms with Crippen molar-refractivity contribution in [1.29, 1.82) is 0 Å². The van der Waals surface area contributed by atoms with Crippen LogP contribution in [0.25, 0.3) is 0 Å². The van der Waals surface area contributed by atoms with Crippen LogP contribution in [0.3, 0.4) is 0 Å². The Kier molecular flexibility index (Phi) is 5.83. The molecule has 1 aliphatic rings. The summed E-state index contributed by atoms with van der Waals surface area (Å²) < 4.78 is 58.6. The number of sulfonamides is 1. The summed E-state index contributed by atoms with van der Waals surface area (Å²) in [7, 11) is -3.48. The number of hydrogen-bond acceptors (Lipinski definition) is 4. The van der Waals surface area contributed by atoms with E-state index >= 15 is 0 Å². The molecule has 1 fully saturated rings. The average Bonchev–Trinajstić information content (AvgIpc) is 2.66. The summed E-state index contributed by atoms with van der Waals surface area (Å²) in [6.45, 7) is 1.37. The lowest BCUT2D eigenvalue weighted by atomic mass is 10.1. The maximum atomic E-state index is 13.6. The molecule has 2 aromatic rings. The van der Waals surface area contributed by atoms with Crippen LogP contribution in [0, 0.1) is 11.6 Å². The summed E-state index contributed by atoms with van der Waals surface area (Å²) in [5.41, 5.74) is 0.141. The van der Waals surface area contributed by atoms with Crippen molar-refractivity contribution < 1.29 is 26.7 Å². The first-order valence-corrected chi connectivity index (χ1v) is 9.87. The first-order valence-electron chi connectivity index (χ1n) is 8.27. The number of carbonyl (C=O) groups is 1. The monoisotopic (exact) mass is 396 g/mol. The lowest BCUT2D eigenvalue weighted by Gasteiger charge is -2.26. The zero-order chi connectivity index (χ0) is 19.4. The Morgan fingerprint density at radius 2 is 1.63 bits per heavy atom. The number of nitrogens with zero attached hydrogens (tertiary/aromatic N) is 1. The zero-order valence-electron chi connectivity index (χ0n) is 14.3. The summed E-state index contributed by atoms with van der Waals surface area (Å²) >= 11 is 0. The molecule has 0 radical (unpaired) electrons. The summed E-state index contributed by atoms with van der Waals surface area (Å²) in [5.74, 6) is -2.65. The van der Waals surface area contributed by atoms with Crippen molar-refractivity contribution in [3.63, 3.8) is 0 Å². The number of ether oxygens (including phenoxy) is 1. The van der Waals surface area contributed by atoms with Crippen LogP contribution in [0.5, 0.6) is 0 Å². The molecule has 0 spiro atoms.